The molecule has 2 fully saturated rings. The first-order valence-corrected chi connectivity index (χ1v) is 5.25. The standard InChI is InChI=1S/C10H19NO/c12-8-7-11(10-3-4-10)6-5-9-1-2-9/h9-10,12H,1-8H2. The number of hydrogen-bond acceptors (Lipinski definition) is 2. The van der Waals surface area contributed by atoms with Gasteiger partial charge < -0.3 is 5.11 Å². The van der Waals surface area contributed by atoms with Crippen LogP contribution in [0.15, 0.2) is 0 Å². The predicted molar refractivity (Wildman–Crippen MR) is 49.0 cm³/mol. The predicted octanol–water partition coefficient (Wildman–Crippen LogP) is 1.24. The molecule has 0 heterocycles. The summed E-state index contributed by atoms with van der Waals surface area (Å²) in [6.07, 6.45) is 7.01. The first kappa shape index (κ1) is 8.52. The molecule has 0 radical (unpaired) electrons. The van der Waals surface area contributed by atoms with Crippen molar-refractivity contribution in [1.29, 1.82) is 0 Å². The molecule has 0 amide bonds. The van der Waals surface area contributed by atoms with Crippen molar-refractivity contribution < 1.29 is 5.11 Å². The number of hydrogen-bond donors (Lipinski definition) is 1. The molecular weight excluding hydrogens is 150 g/mol. The molecule has 0 unspecified atom stereocenters. The Bertz CT molecular complexity index is 141. The minimum Gasteiger partial charge on any atom is -0.395 e. The van der Waals surface area contributed by atoms with Crippen LogP contribution in [0.25, 0.3) is 0 Å². The van der Waals surface area contributed by atoms with Gasteiger partial charge in [-0.25, -0.2) is 0 Å². The van der Waals surface area contributed by atoms with Gasteiger partial charge >= 0.3 is 0 Å². The second-order valence-electron chi connectivity index (χ2n) is 4.22. The van der Waals surface area contributed by atoms with Gasteiger partial charge in [-0.05, 0) is 31.7 Å². The van der Waals surface area contributed by atoms with Crippen LogP contribution in [0, 0.1) is 5.92 Å². The largest absolute Gasteiger partial charge is 0.395 e. The summed E-state index contributed by atoms with van der Waals surface area (Å²) in [7, 11) is 0. The highest BCUT2D eigenvalue weighted by molar-refractivity contribution is 4.85. The first-order chi connectivity index (χ1) is 5.90. The Morgan fingerprint density at radius 2 is 1.83 bits per heavy atom. The third kappa shape index (κ3) is 2.46. The monoisotopic (exact) mass is 169 g/mol. The first-order valence-electron chi connectivity index (χ1n) is 5.25. The van der Waals surface area contributed by atoms with Crippen molar-refractivity contribution in [2.24, 2.45) is 5.92 Å². The smallest absolute Gasteiger partial charge is 0.0558 e. The maximum atomic E-state index is 8.85. The Kier molecular flexibility index (Phi) is 2.66. The zero-order valence-corrected chi connectivity index (χ0v) is 7.71. The van der Waals surface area contributed by atoms with Gasteiger partial charge in [0.1, 0.15) is 0 Å². The zero-order chi connectivity index (χ0) is 8.39. The SMILES string of the molecule is OCCN(CCC1CC1)C1CC1. The number of nitrogens with zero attached hydrogens (tertiary/aromatic N) is 1. The molecule has 2 saturated carbocycles. The molecule has 0 aromatic rings. The van der Waals surface area contributed by atoms with Crippen molar-refractivity contribution in [2.45, 2.75) is 38.1 Å². The van der Waals surface area contributed by atoms with E-state index in [1.54, 1.807) is 0 Å². The van der Waals surface area contributed by atoms with Crippen molar-refractivity contribution in [3.05, 3.63) is 0 Å². The molecule has 2 nitrogen and oxygen atoms in total. The molecule has 2 heteroatoms. The van der Waals surface area contributed by atoms with Crippen LogP contribution in [0.4, 0.5) is 0 Å². The van der Waals surface area contributed by atoms with E-state index in [0.29, 0.717) is 6.61 Å². The lowest BCUT2D eigenvalue weighted by molar-refractivity contribution is 0.185. The van der Waals surface area contributed by atoms with Crippen molar-refractivity contribution in [1.82, 2.24) is 4.90 Å². The van der Waals surface area contributed by atoms with Gasteiger partial charge in [-0.1, -0.05) is 12.8 Å². The van der Waals surface area contributed by atoms with Gasteiger partial charge in [-0.15, -0.1) is 0 Å². The molecular formula is C10H19NO. The Morgan fingerprint density at radius 1 is 1.08 bits per heavy atom. The van der Waals surface area contributed by atoms with Crippen LogP contribution >= 0.6 is 0 Å². The molecule has 0 bridgehead atoms. The van der Waals surface area contributed by atoms with Crippen molar-refractivity contribution in [3.8, 4) is 0 Å². The van der Waals surface area contributed by atoms with E-state index >= 15 is 0 Å². The van der Waals surface area contributed by atoms with Gasteiger partial charge in [0.05, 0.1) is 6.61 Å². The Morgan fingerprint density at radius 3 is 2.33 bits per heavy atom. The summed E-state index contributed by atoms with van der Waals surface area (Å²) < 4.78 is 0. The van der Waals surface area contributed by atoms with Crippen LogP contribution in [0.5, 0.6) is 0 Å². The highest BCUT2D eigenvalue weighted by Gasteiger charge is 2.30. The van der Waals surface area contributed by atoms with E-state index in [2.05, 4.69) is 4.90 Å². The summed E-state index contributed by atoms with van der Waals surface area (Å²) in [5.41, 5.74) is 0. The van der Waals surface area contributed by atoms with Gasteiger partial charge in [-0.3, -0.25) is 4.90 Å². The molecule has 2 aliphatic rings. The molecule has 2 aliphatic carbocycles. The minimum atomic E-state index is 0.334. The third-order valence-corrected chi connectivity index (χ3v) is 2.97. The molecule has 0 saturated heterocycles. The van der Waals surface area contributed by atoms with E-state index in [1.165, 1.54) is 38.6 Å². The van der Waals surface area contributed by atoms with Crippen LogP contribution in [-0.4, -0.2) is 35.7 Å². The van der Waals surface area contributed by atoms with Gasteiger partial charge in [0.15, 0.2) is 0 Å². The molecule has 0 spiro atoms. The van der Waals surface area contributed by atoms with E-state index in [4.69, 9.17) is 5.11 Å². The van der Waals surface area contributed by atoms with Crippen molar-refractivity contribution in [3.63, 3.8) is 0 Å². The van der Waals surface area contributed by atoms with E-state index in [9.17, 15) is 0 Å². The number of rotatable bonds is 6. The second-order valence-corrected chi connectivity index (χ2v) is 4.22. The van der Waals surface area contributed by atoms with Crippen LogP contribution in [0.2, 0.25) is 0 Å². The summed E-state index contributed by atoms with van der Waals surface area (Å²) >= 11 is 0. The Hall–Kier alpha value is -0.0800. The fourth-order valence-corrected chi connectivity index (χ4v) is 1.80. The number of aliphatic hydroxyl groups is 1. The second kappa shape index (κ2) is 3.75. The summed E-state index contributed by atoms with van der Waals surface area (Å²) in [6, 6.07) is 0.830. The molecule has 0 atom stereocenters. The minimum absolute atomic E-state index is 0.334. The highest BCUT2D eigenvalue weighted by Crippen LogP contribution is 2.34. The topological polar surface area (TPSA) is 23.5 Å². The molecule has 0 aliphatic heterocycles. The van der Waals surface area contributed by atoms with Gasteiger partial charge in [-0.2, -0.15) is 0 Å². The van der Waals surface area contributed by atoms with Gasteiger partial charge in [0, 0.05) is 12.6 Å². The average Bonchev–Trinajstić information content (AvgIpc) is 2.86. The van der Waals surface area contributed by atoms with Crippen LogP contribution in [0.3, 0.4) is 0 Å². The molecule has 2 rings (SSSR count). The summed E-state index contributed by atoms with van der Waals surface area (Å²) in [4.78, 5) is 2.47. The van der Waals surface area contributed by atoms with Crippen molar-refractivity contribution in [2.75, 3.05) is 19.7 Å². The molecule has 12 heavy (non-hydrogen) atoms. The van der Waals surface area contributed by atoms with Crippen LogP contribution in [-0.2, 0) is 0 Å². The fourth-order valence-electron chi connectivity index (χ4n) is 1.80. The quantitative estimate of drug-likeness (QED) is 0.646. The Balaban J connectivity index is 1.64. The van der Waals surface area contributed by atoms with E-state index in [-0.39, 0.29) is 0 Å². The lowest BCUT2D eigenvalue weighted by Crippen LogP contribution is -2.30. The van der Waals surface area contributed by atoms with Crippen molar-refractivity contribution >= 4 is 0 Å². The summed E-state index contributed by atoms with van der Waals surface area (Å²) in [6.45, 7) is 2.47. The molecule has 70 valence electrons. The lowest BCUT2D eigenvalue weighted by atomic mass is 10.2. The molecule has 0 aromatic carbocycles. The zero-order valence-electron chi connectivity index (χ0n) is 7.71. The lowest BCUT2D eigenvalue weighted by Gasteiger charge is -2.20. The van der Waals surface area contributed by atoms with Gasteiger partial charge in [0.2, 0.25) is 0 Å². The number of aliphatic hydroxyl groups excluding tert-OH is 1. The molecule has 1 N–H and O–H groups in total. The average molecular weight is 169 g/mol. The van der Waals surface area contributed by atoms with E-state index < -0.39 is 0 Å². The summed E-state index contributed by atoms with van der Waals surface area (Å²) in [5.74, 6) is 1.03. The normalized spacial score (nSPS) is 23.5. The van der Waals surface area contributed by atoms with E-state index in [1.807, 2.05) is 0 Å². The van der Waals surface area contributed by atoms with Crippen LogP contribution in [0.1, 0.15) is 32.1 Å². The fraction of sp³-hybridized carbons (Fsp3) is 1.00. The van der Waals surface area contributed by atoms with Crippen LogP contribution < -0.4 is 0 Å². The Labute approximate surface area is 74.6 Å². The maximum absolute atomic E-state index is 8.85. The van der Waals surface area contributed by atoms with Gasteiger partial charge in [0.25, 0.3) is 0 Å². The van der Waals surface area contributed by atoms with E-state index in [0.717, 1.165) is 18.5 Å². The maximum Gasteiger partial charge on any atom is 0.0558 e. The highest BCUT2D eigenvalue weighted by atomic mass is 16.3. The molecule has 0 aromatic heterocycles. The third-order valence-electron chi connectivity index (χ3n) is 2.97. The summed E-state index contributed by atoms with van der Waals surface area (Å²) in [5, 5.41) is 8.85.